The lowest BCUT2D eigenvalue weighted by Gasteiger charge is -2.16. The normalized spacial score (nSPS) is 11.8. The molecule has 27 heavy (non-hydrogen) atoms. The van der Waals surface area contributed by atoms with Crippen molar-refractivity contribution in [1.82, 2.24) is 15.5 Å². The highest BCUT2D eigenvalue weighted by Crippen LogP contribution is 2.27. The van der Waals surface area contributed by atoms with E-state index in [0.717, 1.165) is 22.0 Å². The SMILES string of the molecule is Cc1cc2cc(CNC(=O)c3c(C(C)(C)C)noc3C)c(=O)[nH]c2cc1C. The van der Waals surface area contributed by atoms with Crippen LogP contribution in [0.3, 0.4) is 0 Å². The quantitative estimate of drug-likeness (QED) is 0.739. The number of nitrogens with one attached hydrogen (secondary N) is 2. The molecule has 0 aliphatic heterocycles. The van der Waals surface area contributed by atoms with Crippen molar-refractivity contribution in [2.45, 2.75) is 53.5 Å². The molecule has 0 radical (unpaired) electrons. The minimum absolute atomic E-state index is 0.130. The largest absolute Gasteiger partial charge is 0.361 e. The molecule has 0 aliphatic rings. The van der Waals surface area contributed by atoms with Gasteiger partial charge in [0.1, 0.15) is 17.0 Å². The van der Waals surface area contributed by atoms with Crippen molar-refractivity contribution < 1.29 is 9.32 Å². The Morgan fingerprint density at radius 3 is 2.48 bits per heavy atom. The average Bonchev–Trinajstić information content (AvgIpc) is 2.96. The second kappa shape index (κ2) is 6.68. The summed E-state index contributed by atoms with van der Waals surface area (Å²) in [5, 5.41) is 7.81. The molecule has 3 aromatic rings. The molecule has 2 heterocycles. The van der Waals surface area contributed by atoms with Crippen molar-refractivity contribution in [1.29, 1.82) is 0 Å². The molecule has 0 aliphatic carbocycles. The van der Waals surface area contributed by atoms with E-state index >= 15 is 0 Å². The van der Waals surface area contributed by atoms with Gasteiger partial charge in [-0.25, -0.2) is 0 Å². The van der Waals surface area contributed by atoms with E-state index in [0.29, 0.717) is 22.6 Å². The lowest BCUT2D eigenvalue weighted by Crippen LogP contribution is -2.29. The van der Waals surface area contributed by atoms with Crippen LogP contribution >= 0.6 is 0 Å². The molecule has 1 amide bonds. The standard InChI is InChI=1S/C21H25N3O3/c1-11-7-14-9-15(19(25)23-16(14)8-12(11)2)10-22-20(26)17-13(3)27-24-18(17)21(4,5)6/h7-9H,10H2,1-6H3,(H,22,26)(H,23,25). The van der Waals surface area contributed by atoms with Crippen LogP contribution in [0.2, 0.25) is 0 Å². The lowest BCUT2D eigenvalue weighted by atomic mass is 9.88. The fourth-order valence-electron chi connectivity index (χ4n) is 3.07. The van der Waals surface area contributed by atoms with Crippen molar-refractivity contribution >= 4 is 16.8 Å². The van der Waals surface area contributed by atoms with Crippen molar-refractivity contribution in [2.75, 3.05) is 0 Å². The summed E-state index contributed by atoms with van der Waals surface area (Å²) >= 11 is 0. The van der Waals surface area contributed by atoms with Crippen LogP contribution in [0.15, 0.2) is 27.5 Å². The summed E-state index contributed by atoms with van der Waals surface area (Å²) in [6.07, 6.45) is 0. The molecule has 6 nitrogen and oxygen atoms in total. The van der Waals surface area contributed by atoms with Gasteiger partial charge in [0.05, 0.1) is 0 Å². The van der Waals surface area contributed by atoms with E-state index in [1.165, 1.54) is 0 Å². The Balaban J connectivity index is 1.88. The van der Waals surface area contributed by atoms with Gasteiger partial charge in [-0.15, -0.1) is 0 Å². The molecule has 142 valence electrons. The molecule has 0 atom stereocenters. The maximum Gasteiger partial charge on any atom is 0.257 e. The van der Waals surface area contributed by atoms with Crippen molar-refractivity contribution in [3.05, 3.63) is 62.3 Å². The van der Waals surface area contributed by atoms with Crippen LogP contribution in [0.5, 0.6) is 0 Å². The number of amides is 1. The fraction of sp³-hybridized carbons (Fsp3) is 0.381. The number of benzene rings is 1. The molecule has 0 saturated carbocycles. The zero-order chi connectivity index (χ0) is 19.9. The number of rotatable bonds is 3. The van der Waals surface area contributed by atoms with Gasteiger partial charge in [-0.3, -0.25) is 9.59 Å². The Kier molecular flexibility index (Phi) is 4.68. The summed E-state index contributed by atoms with van der Waals surface area (Å²) < 4.78 is 5.22. The highest BCUT2D eigenvalue weighted by atomic mass is 16.5. The second-order valence-electron chi connectivity index (χ2n) is 8.04. The van der Waals surface area contributed by atoms with Gasteiger partial charge < -0.3 is 14.8 Å². The van der Waals surface area contributed by atoms with Gasteiger partial charge in [0, 0.05) is 23.0 Å². The van der Waals surface area contributed by atoms with E-state index in [1.54, 1.807) is 6.92 Å². The number of carbonyl (C=O) groups is 1. The lowest BCUT2D eigenvalue weighted by molar-refractivity contribution is 0.0947. The van der Waals surface area contributed by atoms with Crippen LogP contribution in [-0.2, 0) is 12.0 Å². The van der Waals surface area contributed by atoms with Gasteiger partial charge in [0.15, 0.2) is 0 Å². The number of hydrogen-bond acceptors (Lipinski definition) is 4. The van der Waals surface area contributed by atoms with E-state index in [9.17, 15) is 9.59 Å². The van der Waals surface area contributed by atoms with Gasteiger partial charge >= 0.3 is 0 Å². The molecule has 0 fully saturated rings. The second-order valence-corrected chi connectivity index (χ2v) is 8.04. The number of nitrogens with zero attached hydrogens (tertiary/aromatic N) is 1. The van der Waals surface area contributed by atoms with Gasteiger partial charge in [0.2, 0.25) is 0 Å². The first-order valence-electron chi connectivity index (χ1n) is 8.96. The molecular weight excluding hydrogens is 342 g/mol. The monoisotopic (exact) mass is 367 g/mol. The average molecular weight is 367 g/mol. The Bertz CT molecular complexity index is 1080. The zero-order valence-electron chi connectivity index (χ0n) is 16.6. The molecule has 0 saturated heterocycles. The predicted molar refractivity (Wildman–Crippen MR) is 105 cm³/mol. The summed E-state index contributed by atoms with van der Waals surface area (Å²) in [6, 6.07) is 5.82. The van der Waals surface area contributed by atoms with E-state index < -0.39 is 0 Å². The molecule has 2 N–H and O–H groups in total. The molecule has 0 unspecified atom stereocenters. The molecule has 3 rings (SSSR count). The van der Waals surface area contributed by atoms with Crippen LogP contribution in [0.25, 0.3) is 10.9 Å². The summed E-state index contributed by atoms with van der Waals surface area (Å²) in [5.74, 6) is 0.175. The fourth-order valence-corrected chi connectivity index (χ4v) is 3.07. The number of aryl methyl sites for hydroxylation is 3. The van der Waals surface area contributed by atoms with Gasteiger partial charge in [-0.1, -0.05) is 25.9 Å². The van der Waals surface area contributed by atoms with Crippen LogP contribution in [-0.4, -0.2) is 16.0 Å². The minimum Gasteiger partial charge on any atom is -0.361 e. The third-order valence-electron chi connectivity index (χ3n) is 4.78. The Labute approximate surface area is 158 Å². The number of pyridine rings is 1. The first kappa shape index (κ1) is 18.9. The molecule has 0 spiro atoms. The van der Waals surface area contributed by atoms with Crippen LogP contribution < -0.4 is 10.9 Å². The van der Waals surface area contributed by atoms with Crippen molar-refractivity contribution in [3.63, 3.8) is 0 Å². The number of carbonyl (C=O) groups excluding carboxylic acids is 1. The molecule has 0 bridgehead atoms. The summed E-state index contributed by atoms with van der Waals surface area (Å²) in [4.78, 5) is 28.0. The predicted octanol–water partition coefficient (Wildman–Crippen LogP) is 3.67. The summed E-state index contributed by atoms with van der Waals surface area (Å²) in [7, 11) is 0. The number of aromatic amines is 1. The first-order chi connectivity index (χ1) is 12.6. The Hall–Kier alpha value is -2.89. The van der Waals surface area contributed by atoms with Crippen molar-refractivity contribution in [3.8, 4) is 0 Å². The molecular formula is C21H25N3O3. The maximum absolute atomic E-state index is 12.7. The Morgan fingerprint density at radius 1 is 1.15 bits per heavy atom. The Morgan fingerprint density at radius 2 is 1.81 bits per heavy atom. The molecule has 1 aromatic carbocycles. The highest BCUT2D eigenvalue weighted by Gasteiger charge is 2.28. The summed E-state index contributed by atoms with van der Waals surface area (Å²) in [5.41, 5.74) is 4.09. The molecule has 2 aromatic heterocycles. The van der Waals surface area contributed by atoms with E-state index in [-0.39, 0.29) is 23.4 Å². The first-order valence-corrected chi connectivity index (χ1v) is 8.96. The van der Waals surface area contributed by atoms with Gasteiger partial charge in [-0.2, -0.15) is 0 Å². The van der Waals surface area contributed by atoms with Crippen molar-refractivity contribution in [2.24, 2.45) is 0 Å². The number of fused-ring (bicyclic) bond motifs is 1. The smallest absolute Gasteiger partial charge is 0.257 e. The third-order valence-corrected chi connectivity index (χ3v) is 4.78. The van der Waals surface area contributed by atoms with Gasteiger partial charge in [0.25, 0.3) is 11.5 Å². The maximum atomic E-state index is 12.7. The van der Waals surface area contributed by atoms with Crippen LogP contribution in [0.1, 0.15) is 59.3 Å². The topological polar surface area (TPSA) is 88.0 Å². The van der Waals surface area contributed by atoms with Crippen LogP contribution in [0, 0.1) is 20.8 Å². The zero-order valence-corrected chi connectivity index (χ0v) is 16.6. The van der Waals surface area contributed by atoms with Gasteiger partial charge in [-0.05, 0) is 55.5 Å². The highest BCUT2D eigenvalue weighted by molar-refractivity contribution is 5.96. The van der Waals surface area contributed by atoms with E-state index in [4.69, 9.17) is 4.52 Å². The minimum atomic E-state index is -0.319. The molecule has 6 heteroatoms. The third kappa shape index (κ3) is 3.65. The summed E-state index contributed by atoms with van der Waals surface area (Å²) in [6.45, 7) is 11.8. The number of H-pyrrole nitrogens is 1. The van der Waals surface area contributed by atoms with Crippen LogP contribution in [0.4, 0.5) is 0 Å². The number of hydrogen-bond donors (Lipinski definition) is 2. The van der Waals surface area contributed by atoms with E-state index in [1.807, 2.05) is 52.8 Å². The van der Waals surface area contributed by atoms with E-state index in [2.05, 4.69) is 15.5 Å². The number of aromatic nitrogens is 2.